The maximum atomic E-state index is 12.9. The molecule has 0 bridgehead atoms. The monoisotopic (exact) mass is 382 g/mol. The number of nitrogens with two attached hydrogens (primary N) is 1. The third kappa shape index (κ3) is 3.77. The fraction of sp³-hybridized carbons (Fsp3) is 0.435. The number of para-hydroxylation sites is 1. The van der Waals surface area contributed by atoms with Gasteiger partial charge in [-0.1, -0.05) is 49.7 Å². The fourth-order valence-corrected chi connectivity index (χ4v) is 3.64. The summed E-state index contributed by atoms with van der Waals surface area (Å²) in [5.41, 5.74) is 7.20. The van der Waals surface area contributed by atoms with Gasteiger partial charge in [0.15, 0.2) is 0 Å². The van der Waals surface area contributed by atoms with Crippen LogP contribution in [0.4, 0.5) is 0 Å². The molecule has 1 saturated carbocycles. The summed E-state index contributed by atoms with van der Waals surface area (Å²) in [6.07, 6.45) is 0.534. The van der Waals surface area contributed by atoms with E-state index in [1.807, 2.05) is 76.2 Å². The summed E-state index contributed by atoms with van der Waals surface area (Å²) in [5.74, 6) is 1.33. The zero-order valence-corrected chi connectivity index (χ0v) is 17.1. The topological polar surface area (TPSA) is 73.6 Å². The minimum Gasteiger partial charge on any atom is -0.457 e. The van der Waals surface area contributed by atoms with E-state index in [1.54, 1.807) is 0 Å². The Kier molecular flexibility index (Phi) is 5.77. The van der Waals surface area contributed by atoms with Crippen LogP contribution in [-0.2, 0) is 16.1 Å². The molecule has 1 aliphatic rings. The van der Waals surface area contributed by atoms with Gasteiger partial charge in [0.2, 0.25) is 5.91 Å². The van der Waals surface area contributed by atoms with E-state index in [4.69, 9.17) is 15.2 Å². The van der Waals surface area contributed by atoms with E-state index in [0.717, 1.165) is 17.1 Å². The number of hydrogen-bond acceptors (Lipinski definition) is 4. The van der Waals surface area contributed by atoms with E-state index in [1.165, 1.54) is 5.56 Å². The number of amides is 1. The second-order valence-corrected chi connectivity index (χ2v) is 8.05. The first-order valence-corrected chi connectivity index (χ1v) is 9.79. The molecule has 28 heavy (non-hydrogen) atoms. The molecular weight excluding hydrogens is 352 g/mol. The molecule has 5 heteroatoms. The van der Waals surface area contributed by atoms with Crippen molar-refractivity contribution in [2.24, 2.45) is 11.1 Å². The molecule has 1 aliphatic carbocycles. The predicted molar refractivity (Wildman–Crippen MR) is 110 cm³/mol. The number of benzene rings is 2. The SMILES string of the molecule is CCOC1CC(N)(C(=O)NCc2ccccc2Oc2ccc(C)cc2)C1(C)C. The highest BCUT2D eigenvalue weighted by Crippen LogP contribution is 2.49. The highest BCUT2D eigenvalue weighted by atomic mass is 16.5. The van der Waals surface area contributed by atoms with Crippen molar-refractivity contribution in [2.75, 3.05) is 6.61 Å². The van der Waals surface area contributed by atoms with Gasteiger partial charge in [0.05, 0.1) is 6.10 Å². The summed E-state index contributed by atoms with van der Waals surface area (Å²) >= 11 is 0. The van der Waals surface area contributed by atoms with Crippen LogP contribution in [0, 0.1) is 12.3 Å². The molecule has 3 N–H and O–H groups in total. The van der Waals surface area contributed by atoms with Crippen molar-refractivity contribution in [2.45, 2.75) is 52.3 Å². The lowest BCUT2D eigenvalue weighted by molar-refractivity contribution is -0.170. The standard InChI is InChI=1S/C23H30N2O3/c1-5-27-20-14-23(24,22(20,3)4)21(26)25-15-17-8-6-7-9-19(17)28-18-12-10-16(2)11-13-18/h6-13,20H,5,14-15,24H2,1-4H3,(H,25,26). The lowest BCUT2D eigenvalue weighted by Crippen LogP contribution is -2.75. The Labute approximate surface area is 167 Å². The zero-order valence-electron chi connectivity index (χ0n) is 17.1. The second kappa shape index (κ2) is 7.94. The maximum absolute atomic E-state index is 12.9. The van der Waals surface area contributed by atoms with Gasteiger partial charge in [0.1, 0.15) is 17.0 Å². The quantitative estimate of drug-likeness (QED) is 0.761. The summed E-state index contributed by atoms with van der Waals surface area (Å²) in [7, 11) is 0. The number of carbonyl (C=O) groups excluding carboxylic acids is 1. The Morgan fingerprint density at radius 3 is 2.50 bits per heavy atom. The highest BCUT2D eigenvalue weighted by molar-refractivity contribution is 5.88. The van der Waals surface area contributed by atoms with Crippen LogP contribution in [0.5, 0.6) is 11.5 Å². The lowest BCUT2D eigenvalue weighted by atomic mass is 9.54. The van der Waals surface area contributed by atoms with Crippen molar-refractivity contribution in [1.82, 2.24) is 5.32 Å². The van der Waals surface area contributed by atoms with Crippen LogP contribution in [0.2, 0.25) is 0 Å². The second-order valence-electron chi connectivity index (χ2n) is 8.05. The first-order chi connectivity index (χ1) is 13.3. The number of carbonyl (C=O) groups is 1. The normalized spacial score (nSPS) is 23.0. The molecule has 0 aliphatic heterocycles. The summed E-state index contributed by atoms with van der Waals surface area (Å²) in [4.78, 5) is 12.9. The van der Waals surface area contributed by atoms with E-state index in [-0.39, 0.29) is 12.0 Å². The van der Waals surface area contributed by atoms with Gasteiger partial charge in [-0.15, -0.1) is 0 Å². The Morgan fingerprint density at radius 1 is 1.18 bits per heavy atom. The van der Waals surface area contributed by atoms with Crippen LogP contribution < -0.4 is 15.8 Å². The number of hydrogen-bond donors (Lipinski definition) is 2. The molecule has 5 nitrogen and oxygen atoms in total. The number of rotatable bonds is 7. The van der Waals surface area contributed by atoms with Gasteiger partial charge in [-0.25, -0.2) is 0 Å². The minimum atomic E-state index is -0.931. The van der Waals surface area contributed by atoms with Crippen LogP contribution in [0.25, 0.3) is 0 Å². The van der Waals surface area contributed by atoms with E-state index < -0.39 is 11.0 Å². The first-order valence-electron chi connectivity index (χ1n) is 9.79. The van der Waals surface area contributed by atoms with E-state index in [9.17, 15) is 4.79 Å². The smallest absolute Gasteiger partial charge is 0.241 e. The van der Waals surface area contributed by atoms with Gasteiger partial charge in [0, 0.05) is 30.6 Å². The molecule has 2 aromatic rings. The zero-order chi connectivity index (χ0) is 20.4. The van der Waals surface area contributed by atoms with Gasteiger partial charge in [-0.3, -0.25) is 4.79 Å². The molecule has 0 heterocycles. The molecule has 2 aromatic carbocycles. The van der Waals surface area contributed by atoms with Crippen LogP contribution in [0.15, 0.2) is 48.5 Å². The van der Waals surface area contributed by atoms with Crippen molar-refractivity contribution in [3.63, 3.8) is 0 Å². The lowest BCUT2D eigenvalue weighted by Gasteiger charge is -2.57. The third-order valence-electron chi connectivity index (χ3n) is 5.90. The van der Waals surface area contributed by atoms with Crippen molar-refractivity contribution in [1.29, 1.82) is 0 Å². The molecule has 0 radical (unpaired) electrons. The molecule has 0 aromatic heterocycles. The third-order valence-corrected chi connectivity index (χ3v) is 5.90. The largest absolute Gasteiger partial charge is 0.457 e. The van der Waals surface area contributed by atoms with Gasteiger partial charge in [-0.05, 0) is 32.0 Å². The first kappa shape index (κ1) is 20.4. The Hall–Kier alpha value is -2.37. The van der Waals surface area contributed by atoms with E-state index in [2.05, 4.69) is 5.32 Å². The van der Waals surface area contributed by atoms with Crippen LogP contribution in [0.1, 0.15) is 38.3 Å². The Bertz CT molecular complexity index is 832. The average Bonchev–Trinajstić information content (AvgIpc) is 2.68. The van der Waals surface area contributed by atoms with Gasteiger partial charge >= 0.3 is 0 Å². The summed E-state index contributed by atoms with van der Waals surface area (Å²) < 4.78 is 11.7. The average molecular weight is 383 g/mol. The van der Waals surface area contributed by atoms with Crippen LogP contribution in [0.3, 0.4) is 0 Å². The fourth-order valence-electron chi connectivity index (χ4n) is 3.64. The van der Waals surface area contributed by atoms with E-state index >= 15 is 0 Å². The molecule has 0 saturated heterocycles. The van der Waals surface area contributed by atoms with Crippen molar-refractivity contribution < 1.29 is 14.3 Å². The Balaban J connectivity index is 1.67. The van der Waals surface area contributed by atoms with Crippen molar-refractivity contribution >= 4 is 5.91 Å². The molecular formula is C23H30N2O3. The molecule has 3 rings (SSSR count). The number of ether oxygens (including phenoxy) is 2. The van der Waals surface area contributed by atoms with Gasteiger partial charge in [-0.2, -0.15) is 0 Å². The minimum absolute atomic E-state index is 0.00501. The molecule has 0 spiro atoms. The molecule has 1 amide bonds. The molecule has 2 atom stereocenters. The molecule has 2 unspecified atom stereocenters. The van der Waals surface area contributed by atoms with Crippen LogP contribution >= 0.6 is 0 Å². The van der Waals surface area contributed by atoms with Gasteiger partial charge in [0.25, 0.3) is 0 Å². The summed E-state index contributed by atoms with van der Waals surface area (Å²) in [5, 5.41) is 3.00. The summed E-state index contributed by atoms with van der Waals surface area (Å²) in [6.45, 7) is 8.95. The predicted octanol–water partition coefficient (Wildman–Crippen LogP) is 3.94. The van der Waals surface area contributed by atoms with Crippen LogP contribution in [-0.4, -0.2) is 24.2 Å². The molecule has 150 valence electrons. The molecule has 1 fully saturated rings. The highest BCUT2D eigenvalue weighted by Gasteiger charge is 2.62. The van der Waals surface area contributed by atoms with Crippen molar-refractivity contribution in [3.8, 4) is 11.5 Å². The number of nitrogens with one attached hydrogen (secondary N) is 1. The maximum Gasteiger partial charge on any atom is 0.241 e. The number of aryl methyl sites for hydroxylation is 1. The Morgan fingerprint density at radius 2 is 1.86 bits per heavy atom. The van der Waals surface area contributed by atoms with E-state index in [0.29, 0.717) is 19.6 Å². The summed E-state index contributed by atoms with van der Waals surface area (Å²) in [6, 6.07) is 15.6. The van der Waals surface area contributed by atoms with Gasteiger partial charge < -0.3 is 20.5 Å². The van der Waals surface area contributed by atoms with Crippen molar-refractivity contribution in [3.05, 3.63) is 59.7 Å².